The molecule has 140 valence electrons. The second-order valence-electron chi connectivity index (χ2n) is 5.77. The molecule has 8 heteroatoms. The van der Waals surface area contributed by atoms with Crippen molar-refractivity contribution in [2.75, 3.05) is 30.9 Å². The molecule has 26 heavy (non-hydrogen) atoms. The molecule has 1 aliphatic heterocycles. The van der Waals surface area contributed by atoms with Gasteiger partial charge in [0.15, 0.2) is 0 Å². The molecule has 1 aliphatic rings. The number of methoxy groups -OCH3 is 1. The molecular formula is C18H23N3O5. The fraction of sp³-hybridized carbons (Fsp3) is 0.389. The van der Waals surface area contributed by atoms with Crippen molar-refractivity contribution in [1.29, 1.82) is 0 Å². The highest BCUT2D eigenvalue weighted by Crippen LogP contribution is 2.29. The summed E-state index contributed by atoms with van der Waals surface area (Å²) in [5.74, 6) is -0.616. The number of benzene rings is 1. The van der Waals surface area contributed by atoms with Gasteiger partial charge in [-0.25, -0.2) is 0 Å². The molecule has 0 saturated carbocycles. The summed E-state index contributed by atoms with van der Waals surface area (Å²) in [5.41, 5.74) is 1.11. The molecule has 0 saturated heterocycles. The number of carbonyl (C=O) groups is 3. The van der Waals surface area contributed by atoms with Gasteiger partial charge in [-0.2, -0.15) is 0 Å². The molecule has 0 aliphatic carbocycles. The number of hydrogen-bond acceptors (Lipinski definition) is 6. The highest BCUT2D eigenvalue weighted by molar-refractivity contribution is 6.17. The second kappa shape index (κ2) is 9.00. The first-order valence-electron chi connectivity index (χ1n) is 8.43. The number of β-amino-alcohol motifs (C(OH)–C–C–N with tert-alkyl or cyclic N) is 1. The lowest BCUT2D eigenvalue weighted by Crippen LogP contribution is -2.34. The van der Waals surface area contributed by atoms with Crippen molar-refractivity contribution in [3.63, 3.8) is 0 Å². The van der Waals surface area contributed by atoms with Gasteiger partial charge in [0, 0.05) is 18.2 Å². The van der Waals surface area contributed by atoms with Gasteiger partial charge in [-0.05, 0) is 24.6 Å². The predicted octanol–water partition coefficient (Wildman–Crippen LogP) is 1.48. The van der Waals surface area contributed by atoms with Gasteiger partial charge >= 0.3 is 0 Å². The number of hydrogen-bond donors (Lipinski definition) is 3. The largest absolute Gasteiger partial charge is 0.495 e. The summed E-state index contributed by atoms with van der Waals surface area (Å²) < 4.78 is 5.25. The maximum absolute atomic E-state index is 12.2. The first kappa shape index (κ1) is 19.5. The molecule has 3 amide bonds. The van der Waals surface area contributed by atoms with E-state index in [9.17, 15) is 14.4 Å². The lowest BCUT2D eigenvalue weighted by Gasteiger charge is -2.15. The SMILES string of the molecule is CCCCC(=O)Nc1cc(NC2=CC(=O)N(CCO)C2=O)ccc1OC. The van der Waals surface area contributed by atoms with E-state index in [0.717, 1.165) is 17.7 Å². The Hall–Kier alpha value is -2.87. The molecule has 0 unspecified atom stereocenters. The van der Waals surface area contributed by atoms with Crippen molar-refractivity contribution < 1.29 is 24.2 Å². The Morgan fingerprint density at radius 1 is 1.31 bits per heavy atom. The molecule has 0 radical (unpaired) electrons. The Kier molecular flexibility index (Phi) is 6.74. The van der Waals surface area contributed by atoms with Crippen molar-refractivity contribution in [3.05, 3.63) is 30.0 Å². The molecule has 0 aromatic heterocycles. The van der Waals surface area contributed by atoms with Crippen LogP contribution in [0, 0.1) is 0 Å². The van der Waals surface area contributed by atoms with Crippen LogP contribution in [0.25, 0.3) is 0 Å². The minimum absolute atomic E-state index is 0.0549. The van der Waals surface area contributed by atoms with Gasteiger partial charge < -0.3 is 20.5 Å². The lowest BCUT2D eigenvalue weighted by molar-refractivity contribution is -0.137. The van der Waals surface area contributed by atoms with Crippen LogP contribution in [0.15, 0.2) is 30.0 Å². The Balaban J connectivity index is 2.14. The van der Waals surface area contributed by atoms with Crippen molar-refractivity contribution in [2.24, 2.45) is 0 Å². The number of aliphatic hydroxyl groups excluding tert-OH is 1. The average molecular weight is 361 g/mol. The first-order valence-corrected chi connectivity index (χ1v) is 8.43. The molecule has 1 aromatic carbocycles. The van der Waals surface area contributed by atoms with Crippen LogP contribution in [-0.2, 0) is 14.4 Å². The highest BCUT2D eigenvalue weighted by Gasteiger charge is 2.30. The maximum Gasteiger partial charge on any atom is 0.277 e. The number of unbranched alkanes of at least 4 members (excludes halogenated alkanes) is 1. The number of aliphatic hydroxyl groups is 1. The minimum Gasteiger partial charge on any atom is -0.495 e. The molecule has 1 aromatic rings. The summed E-state index contributed by atoms with van der Waals surface area (Å²) >= 11 is 0. The molecule has 1 heterocycles. The number of ether oxygens (including phenoxy) is 1. The molecule has 3 N–H and O–H groups in total. The molecule has 0 bridgehead atoms. The van der Waals surface area contributed by atoms with Gasteiger partial charge in [-0.15, -0.1) is 0 Å². The average Bonchev–Trinajstić information content (AvgIpc) is 2.88. The number of rotatable bonds is 9. The summed E-state index contributed by atoms with van der Waals surface area (Å²) in [7, 11) is 1.50. The monoisotopic (exact) mass is 361 g/mol. The third-order valence-electron chi connectivity index (χ3n) is 3.84. The van der Waals surface area contributed by atoms with Crippen LogP contribution in [0.1, 0.15) is 26.2 Å². The fourth-order valence-corrected chi connectivity index (χ4v) is 2.50. The highest BCUT2D eigenvalue weighted by atomic mass is 16.5. The van der Waals surface area contributed by atoms with Crippen molar-refractivity contribution in [1.82, 2.24) is 4.90 Å². The molecule has 8 nitrogen and oxygen atoms in total. The van der Waals surface area contributed by atoms with Gasteiger partial charge in [0.05, 0.1) is 25.9 Å². The predicted molar refractivity (Wildman–Crippen MR) is 96.7 cm³/mol. The van der Waals surface area contributed by atoms with E-state index in [4.69, 9.17) is 9.84 Å². The fourth-order valence-electron chi connectivity index (χ4n) is 2.50. The summed E-state index contributed by atoms with van der Waals surface area (Å²) in [4.78, 5) is 36.9. The van der Waals surface area contributed by atoms with Crippen molar-refractivity contribution >= 4 is 29.1 Å². The molecule has 0 spiro atoms. The van der Waals surface area contributed by atoms with E-state index in [1.165, 1.54) is 13.2 Å². The van der Waals surface area contributed by atoms with Gasteiger partial charge in [0.25, 0.3) is 11.8 Å². The smallest absolute Gasteiger partial charge is 0.277 e. The first-order chi connectivity index (χ1) is 12.5. The number of nitrogens with zero attached hydrogens (tertiary/aromatic N) is 1. The number of anilines is 2. The Morgan fingerprint density at radius 2 is 2.08 bits per heavy atom. The topological polar surface area (TPSA) is 108 Å². The maximum atomic E-state index is 12.2. The molecule has 0 atom stereocenters. The van der Waals surface area contributed by atoms with E-state index in [-0.39, 0.29) is 24.8 Å². The number of imide groups is 1. The van der Waals surface area contributed by atoms with Gasteiger partial charge in [-0.3, -0.25) is 19.3 Å². The number of carbonyl (C=O) groups excluding carboxylic acids is 3. The Morgan fingerprint density at radius 3 is 2.73 bits per heavy atom. The van der Waals surface area contributed by atoms with Crippen LogP contribution in [0.5, 0.6) is 5.75 Å². The number of nitrogens with one attached hydrogen (secondary N) is 2. The minimum atomic E-state index is -0.506. The Bertz CT molecular complexity index is 730. The third-order valence-corrected chi connectivity index (χ3v) is 3.84. The molecular weight excluding hydrogens is 338 g/mol. The van der Waals surface area contributed by atoms with Crippen LogP contribution in [0.4, 0.5) is 11.4 Å². The zero-order valence-electron chi connectivity index (χ0n) is 14.9. The quantitative estimate of drug-likeness (QED) is 0.575. The van der Waals surface area contributed by atoms with E-state index >= 15 is 0 Å². The lowest BCUT2D eigenvalue weighted by atomic mass is 10.2. The van der Waals surface area contributed by atoms with Gasteiger partial charge in [-0.1, -0.05) is 13.3 Å². The standard InChI is InChI=1S/C18H23N3O5/c1-3-4-5-16(23)20-13-10-12(6-7-15(13)26-2)19-14-11-17(24)21(8-9-22)18(14)25/h6-7,10-11,19,22H,3-5,8-9H2,1-2H3,(H,20,23). The molecule has 2 rings (SSSR count). The van der Waals surface area contributed by atoms with Crippen LogP contribution in [0.3, 0.4) is 0 Å². The van der Waals surface area contributed by atoms with Gasteiger partial charge in [0.2, 0.25) is 5.91 Å². The summed E-state index contributed by atoms with van der Waals surface area (Å²) in [5, 5.41) is 14.6. The van der Waals surface area contributed by atoms with E-state index in [2.05, 4.69) is 10.6 Å². The third kappa shape index (κ3) is 4.60. The van der Waals surface area contributed by atoms with Crippen LogP contribution < -0.4 is 15.4 Å². The van der Waals surface area contributed by atoms with E-state index in [1.807, 2.05) is 6.92 Å². The zero-order valence-corrected chi connectivity index (χ0v) is 14.9. The van der Waals surface area contributed by atoms with Crippen LogP contribution in [-0.4, -0.2) is 48.0 Å². The molecule has 0 fully saturated rings. The van der Waals surface area contributed by atoms with E-state index < -0.39 is 11.8 Å². The second-order valence-corrected chi connectivity index (χ2v) is 5.77. The van der Waals surface area contributed by atoms with Crippen molar-refractivity contribution in [2.45, 2.75) is 26.2 Å². The summed E-state index contributed by atoms with van der Waals surface area (Å²) in [6.45, 7) is 1.65. The van der Waals surface area contributed by atoms with Crippen LogP contribution in [0.2, 0.25) is 0 Å². The summed E-state index contributed by atoms with van der Waals surface area (Å²) in [6.07, 6.45) is 3.30. The normalized spacial score (nSPS) is 13.7. The van der Waals surface area contributed by atoms with Crippen LogP contribution >= 0.6 is 0 Å². The Labute approximate surface area is 151 Å². The zero-order chi connectivity index (χ0) is 19.1. The van der Waals surface area contributed by atoms with E-state index in [1.54, 1.807) is 18.2 Å². The van der Waals surface area contributed by atoms with Gasteiger partial charge in [0.1, 0.15) is 11.4 Å². The van der Waals surface area contributed by atoms with Crippen molar-refractivity contribution in [3.8, 4) is 5.75 Å². The number of amides is 3. The van der Waals surface area contributed by atoms with E-state index in [0.29, 0.717) is 23.5 Å². The summed E-state index contributed by atoms with van der Waals surface area (Å²) in [6, 6.07) is 4.97.